The monoisotopic (exact) mass is 443 g/mol. The van der Waals surface area contributed by atoms with Crippen LogP contribution < -0.4 is 10.2 Å². The second-order valence-corrected chi connectivity index (χ2v) is 8.46. The first-order valence-corrected chi connectivity index (χ1v) is 11.3. The van der Waals surface area contributed by atoms with Crippen molar-refractivity contribution >= 4 is 39.8 Å². The van der Waals surface area contributed by atoms with Crippen molar-refractivity contribution in [3.63, 3.8) is 0 Å². The highest BCUT2D eigenvalue weighted by Crippen LogP contribution is 2.27. The highest BCUT2D eigenvalue weighted by atomic mass is 32.2. The van der Waals surface area contributed by atoms with Crippen molar-refractivity contribution in [1.82, 2.24) is 14.8 Å². The molecule has 0 radical (unpaired) electrons. The van der Waals surface area contributed by atoms with E-state index in [1.165, 1.54) is 11.8 Å². The molecule has 0 bridgehead atoms. The molecular formula is C25H25N5OS. The van der Waals surface area contributed by atoms with Gasteiger partial charge in [-0.05, 0) is 23.6 Å². The molecule has 3 aromatic carbocycles. The first-order valence-electron chi connectivity index (χ1n) is 10.3. The van der Waals surface area contributed by atoms with Crippen LogP contribution in [0.1, 0.15) is 0 Å². The smallest absolute Gasteiger partial charge is 0.234 e. The summed E-state index contributed by atoms with van der Waals surface area (Å²) in [6, 6.07) is 22.0. The second-order valence-electron chi connectivity index (χ2n) is 7.51. The molecule has 0 saturated heterocycles. The van der Waals surface area contributed by atoms with Crippen molar-refractivity contribution in [2.45, 2.75) is 11.7 Å². The second kappa shape index (κ2) is 9.70. The van der Waals surface area contributed by atoms with Crippen LogP contribution in [0.4, 0.5) is 11.4 Å². The van der Waals surface area contributed by atoms with E-state index in [-0.39, 0.29) is 11.7 Å². The topological polar surface area (TPSA) is 63.1 Å². The predicted octanol–water partition coefficient (Wildman–Crippen LogP) is 5.08. The minimum absolute atomic E-state index is 0.0874. The quantitative estimate of drug-likeness (QED) is 0.304. The molecule has 7 heteroatoms. The molecule has 1 aromatic heterocycles. The normalized spacial score (nSPS) is 10.8. The summed E-state index contributed by atoms with van der Waals surface area (Å²) in [5, 5.41) is 14.6. The molecule has 0 fully saturated rings. The molecule has 32 heavy (non-hydrogen) atoms. The van der Waals surface area contributed by atoms with Gasteiger partial charge < -0.3 is 10.2 Å². The van der Waals surface area contributed by atoms with E-state index < -0.39 is 0 Å². The van der Waals surface area contributed by atoms with Crippen molar-refractivity contribution in [3.05, 3.63) is 79.4 Å². The standard InChI is InChI=1S/C25H25N5OS/c1-4-15-30-24(19-11-7-12-20(16-19)29(2)3)27-28-25(30)32-17-23(31)26-22-14-8-10-18-9-5-6-13-21(18)22/h4-14,16H,1,15,17H2,2-3H3,(H,26,31). The third kappa shape index (κ3) is 4.68. The zero-order chi connectivity index (χ0) is 22.5. The van der Waals surface area contributed by atoms with Crippen LogP contribution in [-0.2, 0) is 11.3 Å². The average molecular weight is 444 g/mol. The lowest BCUT2D eigenvalue weighted by atomic mass is 10.1. The minimum atomic E-state index is -0.0874. The Hall–Kier alpha value is -3.58. The number of rotatable bonds is 8. The lowest BCUT2D eigenvalue weighted by Crippen LogP contribution is -2.15. The lowest BCUT2D eigenvalue weighted by molar-refractivity contribution is -0.113. The Morgan fingerprint density at radius 3 is 2.69 bits per heavy atom. The molecule has 1 heterocycles. The van der Waals surface area contributed by atoms with Crippen molar-refractivity contribution in [1.29, 1.82) is 0 Å². The molecule has 4 aromatic rings. The Morgan fingerprint density at radius 2 is 1.88 bits per heavy atom. The van der Waals surface area contributed by atoms with Gasteiger partial charge in [-0.3, -0.25) is 9.36 Å². The maximum absolute atomic E-state index is 12.7. The van der Waals surface area contributed by atoms with Crippen LogP contribution in [0.5, 0.6) is 0 Å². The molecule has 162 valence electrons. The summed E-state index contributed by atoms with van der Waals surface area (Å²) >= 11 is 1.36. The summed E-state index contributed by atoms with van der Waals surface area (Å²) in [5.74, 6) is 0.900. The van der Waals surface area contributed by atoms with Gasteiger partial charge in [0.05, 0.1) is 5.75 Å². The van der Waals surface area contributed by atoms with Crippen LogP contribution >= 0.6 is 11.8 Å². The molecule has 1 N–H and O–H groups in total. The highest BCUT2D eigenvalue weighted by molar-refractivity contribution is 7.99. The van der Waals surface area contributed by atoms with Crippen LogP contribution in [0.2, 0.25) is 0 Å². The van der Waals surface area contributed by atoms with E-state index in [9.17, 15) is 4.79 Å². The van der Waals surface area contributed by atoms with Crippen molar-refractivity contribution < 1.29 is 4.79 Å². The van der Waals surface area contributed by atoms with E-state index in [0.29, 0.717) is 11.7 Å². The van der Waals surface area contributed by atoms with Gasteiger partial charge in [-0.25, -0.2) is 0 Å². The molecule has 6 nitrogen and oxygen atoms in total. The van der Waals surface area contributed by atoms with Gasteiger partial charge in [-0.15, -0.1) is 16.8 Å². The molecule has 0 atom stereocenters. The molecule has 1 amide bonds. The molecule has 4 rings (SSSR count). The summed E-state index contributed by atoms with van der Waals surface area (Å²) in [7, 11) is 4.01. The summed E-state index contributed by atoms with van der Waals surface area (Å²) in [5.41, 5.74) is 2.86. The van der Waals surface area contributed by atoms with Crippen LogP contribution in [0, 0.1) is 0 Å². The maximum atomic E-state index is 12.7. The molecule has 0 saturated carbocycles. The minimum Gasteiger partial charge on any atom is -0.378 e. The molecule has 0 aliphatic heterocycles. The number of nitrogens with one attached hydrogen (secondary N) is 1. The van der Waals surface area contributed by atoms with Crippen LogP contribution in [0.3, 0.4) is 0 Å². The summed E-state index contributed by atoms with van der Waals surface area (Å²) in [6.07, 6.45) is 1.81. The fraction of sp³-hybridized carbons (Fsp3) is 0.160. The number of anilines is 2. The van der Waals surface area contributed by atoms with Gasteiger partial charge in [0, 0.05) is 43.0 Å². The lowest BCUT2D eigenvalue weighted by Gasteiger charge is -2.14. The maximum Gasteiger partial charge on any atom is 0.234 e. The van der Waals surface area contributed by atoms with Gasteiger partial charge in [0.15, 0.2) is 11.0 Å². The fourth-order valence-electron chi connectivity index (χ4n) is 3.48. The molecule has 0 aliphatic carbocycles. The van der Waals surface area contributed by atoms with Crippen molar-refractivity contribution in [2.75, 3.05) is 30.1 Å². The first-order chi connectivity index (χ1) is 15.6. The van der Waals surface area contributed by atoms with E-state index in [1.807, 2.05) is 90.3 Å². The van der Waals surface area contributed by atoms with Gasteiger partial charge in [0.25, 0.3) is 0 Å². The number of thioether (sulfide) groups is 1. The Balaban J connectivity index is 1.51. The Kier molecular flexibility index (Phi) is 6.56. The number of fused-ring (bicyclic) bond motifs is 1. The van der Waals surface area contributed by atoms with Crippen molar-refractivity contribution in [3.8, 4) is 11.4 Å². The van der Waals surface area contributed by atoms with Gasteiger partial charge in [-0.1, -0.05) is 66.4 Å². The van der Waals surface area contributed by atoms with Crippen LogP contribution in [-0.4, -0.2) is 40.5 Å². The van der Waals surface area contributed by atoms with Gasteiger partial charge in [0.1, 0.15) is 0 Å². The van der Waals surface area contributed by atoms with Crippen molar-refractivity contribution in [2.24, 2.45) is 0 Å². The van der Waals surface area contributed by atoms with Gasteiger partial charge in [-0.2, -0.15) is 0 Å². The zero-order valence-corrected chi connectivity index (χ0v) is 19.0. The summed E-state index contributed by atoms with van der Waals surface area (Å²) in [6.45, 7) is 4.42. The van der Waals surface area contributed by atoms with Gasteiger partial charge in [0.2, 0.25) is 5.91 Å². The number of nitrogens with zero attached hydrogens (tertiary/aromatic N) is 4. The molecular weight excluding hydrogens is 418 g/mol. The Morgan fingerprint density at radius 1 is 1.09 bits per heavy atom. The Labute approximate surface area is 192 Å². The van der Waals surface area contributed by atoms with E-state index in [2.05, 4.69) is 28.2 Å². The van der Waals surface area contributed by atoms with E-state index in [1.54, 1.807) is 0 Å². The fourth-order valence-corrected chi connectivity index (χ4v) is 4.22. The highest BCUT2D eigenvalue weighted by Gasteiger charge is 2.16. The van der Waals surface area contributed by atoms with Crippen LogP contribution in [0.25, 0.3) is 22.2 Å². The van der Waals surface area contributed by atoms with Crippen LogP contribution in [0.15, 0.2) is 84.5 Å². The SMILES string of the molecule is C=CCn1c(SCC(=O)Nc2cccc3ccccc23)nnc1-c1cccc(N(C)C)c1. The molecule has 0 aliphatic rings. The van der Waals surface area contributed by atoms with E-state index in [4.69, 9.17) is 0 Å². The Bertz CT molecular complexity index is 1260. The molecule has 0 unspecified atom stereocenters. The number of aromatic nitrogens is 3. The first kappa shape index (κ1) is 21.6. The largest absolute Gasteiger partial charge is 0.378 e. The number of benzene rings is 3. The number of hydrogen-bond donors (Lipinski definition) is 1. The number of hydrogen-bond acceptors (Lipinski definition) is 5. The third-order valence-electron chi connectivity index (χ3n) is 5.05. The predicted molar refractivity (Wildman–Crippen MR) is 133 cm³/mol. The molecule has 0 spiro atoms. The van der Waals surface area contributed by atoms with E-state index >= 15 is 0 Å². The summed E-state index contributed by atoms with van der Waals surface area (Å²) in [4.78, 5) is 14.7. The van der Waals surface area contributed by atoms with E-state index in [0.717, 1.165) is 33.5 Å². The summed E-state index contributed by atoms with van der Waals surface area (Å²) < 4.78 is 1.98. The zero-order valence-electron chi connectivity index (χ0n) is 18.2. The van der Waals surface area contributed by atoms with Gasteiger partial charge >= 0.3 is 0 Å². The third-order valence-corrected chi connectivity index (χ3v) is 6.01. The number of amides is 1. The number of carbonyl (C=O) groups is 1. The average Bonchev–Trinajstić information content (AvgIpc) is 3.21. The number of allylic oxidation sites excluding steroid dienone is 1. The number of carbonyl (C=O) groups excluding carboxylic acids is 1.